The van der Waals surface area contributed by atoms with Crippen molar-refractivity contribution in [3.63, 3.8) is 0 Å². The highest BCUT2D eigenvalue weighted by Crippen LogP contribution is 2.33. The molecule has 0 radical (unpaired) electrons. The van der Waals surface area contributed by atoms with Crippen LogP contribution in [0.4, 0.5) is 0 Å². The van der Waals surface area contributed by atoms with Gasteiger partial charge in [-0.25, -0.2) is 4.98 Å². The van der Waals surface area contributed by atoms with E-state index in [-0.39, 0.29) is 12.3 Å². The monoisotopic (exact) mass is 464 g/mol. The lowest BCUT2D eigenvalue weighted by atomic mass is 10.1. The smallest absolute Gasteiger partial charge is 0.228 e. The molecule has 0 unspecified atom stereocenters. The fourth-order valence-corrected chi connectivity index (χ4v) is 4.09. The summed E-state index contributed by atoms with van der Waals surface area (Å²) < 4.78 is 10.7. The molecule has 0 aliphatic carbocycles. The van der Waals surface area contributed by atoms with Crippen LogP contribution in [0.3, 0.4) is 0 Å². The van der Waals surface area contributed by atoms with Crippen LogP contribution >= 0.6 is 11.3 Å². The second-order valence-corrected chi connectivity index (χ2v) is 8.68. The number of carbonyl (C=O) groups excluding carboxylic acids is 1. The van der Waals surface area contributed by atoms with Crippen LogP contribution in [0.1, 0.15) is 16.8 Å². The molecule has 2 aromatic carbocycles. The van der Waals surface area contributed by atoms with E-state index in [0.29, 0.717) is 30.2 Å². The molecule has 33 heavy (non-hydrogen) atoms. The van der Waals surface area contributed by atoms with Crippen LogP contribution in [0.15, 0.2) is 47.8 Å². The average molecular weight is 465 g/mol. The number of hydrogen-bond acceptors (Lipinski definition) is 7. The Bertz CT molecular complexity index is 1120. The molecule has 0 bridgehead atoms. The van der Waals surface area contributed by atoms with E-state index in [1.807, 2.05) is 54.7 Å². The molecule has 0 fully saturated rings. The van der Waals surface area contributed by atoms with E-state index in [1.165, 1.54) is 11.3 Å². The van der Waals surface area contributed by atoms with Crippen LogP contribution in [0.5, 0.6) is 11.5 Å². The van der Waals surface area contributed by atoms with Crippen molar-refractivity contribution in [3.8, 4) is 28.1 Å². The fourth-order valence-electron chi connectivity index (χ4n) is 3.27. The predicted molar refractivity (Wildman–Crippen MR) is 129 cm³/mol. The third-order valence-corrected chi connectivity index (χ3v) is 6.08. The van der Waals surface area contributed by atoms with Crippen LogP contribution in [-0.2, 0) is 17.8 Å². The normalized spacial score (nSPS) is 10.7. The minimum atomic E-state index is 0.0189. The third-order valence-electron chi connectivity index (χ3n) is 5.14. The Kier molecular flexibility index (Phi) is 8.41. The number of likely N-dealkylation sites (N-methyl/N-ethyl adjacent to an activating group) is 1. The van der Waals surface area contributed by atoms with E-state index >= 15 is 0 Å². The number of carbonyl (C=O) groups is 1. The molecule has 1 heterocycles. The molecule has 0 saturated heterocycles. The Morgan fingerprint density at radius 3 is 2.42 bits per heavy atom. The molecular formula is C25H28N4O3S. The van der Waals surface area contributed by atoms with Gasteiger partial charge in [-0.2, -0.15) is 5.26 Å². The molecule has 172 valence electrons. The number of thiazole rings is 1. The van der Waals surface area contributed by atoms with E-state index in [4.69, 9.17) is 14.7 Å². The van der Waals surface area contributed by atoms with Crippen molar-refractivity contribution in [1.82, 2.24) is 14.8 Å². The molecule has 3 rings (SSSR count). The highest BCUT2D eigenvalue weighted by atomic mass is 32.1. The van der Waals surface area contributed by atoms with Crippen LogP contribution in [0, 0.1) is 11.3 Å². The zero-order valence-corrected chi connectivity index (χ0v) is 20.2. The van der Waals surface area contributed by atoms with Gasteiger partial charge in [0.05, 0.1) is 38.0 Å². The molecule has 0 aliphatic rings. The molecule has 1 amide bonds. The molecule has 8 heteroatoms. The van der Waals surface area contributed by atoms with Crippen molar-refractivity contribution in [2.75, 3.05) is 41.4 Å². The van der Waals surface area contributed by atoms with Crippen molar-refractivity contribution in [1.29, 1.82) is 5.26 Å². The van der Waals surface area contributed by atoms with Crippen LogP contribution in [0.25, 0.3) is 10.6 Å². The minimum absolute atomic E-state index is 0.0189. The SMILES string of the molecule is COc1ccc(-c2nc(CC(=O)N(CCN(C)C)Cc3ccc(C#N)cc3)cs2)cc1OC. The maximum Gasteiger partial charge on any atom is 0.228 e. The van der Waals surface area contributed by atoms with Crippen LogP contribution < -0.4 is 9.47 Å². The first-order chi connectivity index (χ1) is 15.9. The molecule has 7 nitrogen and oxygen atoms in total. The van der Waals surface area contributed by atoms with Gasteiger partial charge in [0.25, 0.3) is 0 Å². The summed E-state index contributed by atoms with van der Waals surface area (Å²) in [5.74, 6) is 1.32. The Balaban J connectivity index is 1.73. The molecule has 0 aliphatic heterocycles. The number of methoxy groups -OCH3 is 2. The number of benzene rings is 2. The average Bonchev–Trinajstić information content (AvgIpc) is 3.29. The van der Waals surface area contributed by atoms with E-state index in [0.717, 1.165) is 28.4 Å². The van der Waals surface area contributed by atoms with Crippen molar-refractivity contribution >= 4 is 17.2 Å². The number of nitrogens with zero attached hydrogens (tertiary/aromatic N) is 4. The third kappa shape index (κ3) is 6.54. The van der Waals surface area contributed by atoms with Crippen molar-refractivity contribution < 1.29 is 14.3 Å². The minimum Gasteiger partial charge on any atom is -0.493 e. The molecule has 0 N–H and O–H groups in total. The second kappa shape index (κ2) is 11.5. The first-order valence-electron chi connectivity index (χ1n) is 10.5. The first-order valence-corrected chi connectivity index (χ1v) is 11.4. The maximum atomic E-state index is 13.2. The van der Waals surface area contributed by atoms with Gasteiger partial charge in [-0.05, 0) is 50.0 Å². The maximum absolute atomic E-state index is 13.2. The van der Waals surface area contributed by atoms with Gasteiger partial charge in [-0.3, -0.25) is 4.79 Å². The first kappa shape index (κ1) is 24.2. The van der Waals surface area contributed by atoms with Gasteiger partial charge in [0.2, 0.25) is 5.91 Å². The Morgan fingerprint density at radius 2 is 1.79 bits per heavy atom. The molecule has 0 saturated carbocycles. The number of nitriles is 1. The summed E-state index contributed by atoms with van der Waals surface area (Å²) >= 11 is 1.50. The zero-order chi connectivity index (χ0) is 23.8. The van der Waals surface area contributed by atoms with Gasteiger partial charge in [0.15, 0.2) is 11.5 Å². The summed E-state index contributed by atoms with van der Waals surface area (Å²) in [6.45, 7) is 1.86. The summed E-state index contributed by atoms with van der Waals surface area (Å²) in [5.41, 5.74) is 3.25. The lowest BCUT2D eigenvalue weighted by molar-refractivity contribution is -0.131. The Labute approximate surface area is 198 Å². The van der Waals surface area contributed by atoms with Gasteiger partial charge in [0, 0.05) is 30.6 Å². The second-order valence-electron chi connectivity index (χ2n) is 7.82. The lowest BCUT2D eigenvalue weighted by Crippen LogP contribution is -2.37. The lowest BCUT2D eigenvalue weighted by Gasteiger charge is -2.24. The van der Waals surface area contributed by atoms with Gasteiger partial charge < -0.3 is 19.3 Å². The highest BCUT2D eigenvalue weighted by molar-refractivity contribution is 7.13. The summed E-state index contributed by atoms with van der Waals surface area (Å²) in [6.07, 6.45) is 0.230. The quantitative estimate of drug-likeness (QED) is 0.454. The fraction of sp³-hybridized carbons (Fsp3) is 0.320. The molecular weight excluding hydrogens is 436 g/mol. The Hall–Kier alpha value is -3.41. The summed E-state index contributed by atoms with van der Waals surface area (Å²) in [4.78, 5) is 21.7. The van der Waals surface area contributed by atoms with Gasteiger partial charge in [-0.1, -0.05) is 12.1 Å². The van der Waals surface area contributed by atoms with E-state index < -0.39 is 0 Å². The number of hydrogen-bond donors (Lipinski definition) is 0. The zero-order valence-electron chi connectivity index (χ0n) is 19.4. The van der Waals surface area contributed by atoms with Gasteiger partial charge in [0.1, 0.15) is 5.01 Å². The standard InChI is InChI=1S/C25H28N4O3S/c1-28(2)11-12-29(16-19-7-5-18(15-26)6-8-19)24(30)14-21-17-33-25(27-21)20-9-10-22(31-3)23(13-20)32-4/h5-10,13,17H,11-12,14,16H2,1-4H3. The largest absolute Gasteiger partial charge is 0.493 e. The number of rotatable bonds is 10. The van der Waals surface area contributed by atoms with Crippen molar-refractivity contribution in [3.05, 3.63) is 64.7 Å². The molecule has 0 spiro atoms. The summed E-state index contributed by atoms with van der Waals surface area (Å²) in [7, 11) is 7.18. The topological polar surface area (TPSA) is 78.7 Å². The molecule has 0 atom stereocenters. The van der Waals surface area contributed by atoms with Crippen LogP contribution in [0.2, 0.25) is 0 Å². The molecule has 3 aromatic rings. The van der Waals surface area contributed by atoms with Crippen LogP contribution in [-0.4, -0.2) is 62.1 Å². The number of aromatic nitrogens is 1. The van der Waals surface area contributed by atoms with Crippen molar-refractivity contribution in [2.24, 2.45) is 0 Å². The number of ether oxygens (including phenoxy) is 2. The Morgan fingerprint density at radius 1 is 1.06 bits per heavy atom. The van der Waals surface area contributed by atoms with Gasteiger partial charge >= 0.3 is 0 Å². The van der Waals surface area contributed by atoms with Gasteiger partial charge in [-0.15, -0.1) is 11.3 Å². The predicted octanol–water partition coefficient (Wildman–Crippen LogP) is 3.83. The summed E-state index contributed by atoms with van der Waals surface area (Å²) in [6, 6.07) is 15.1. The number of amides is 1. The van der Waals surface area contributed by atoms with E-state index in [1.54, 1.807) is 26.4 Å². The van der Waals surface area contributed by atoms with E-state index in [2.05, 4.69) is 16.0 Å². The van der Waals surface area contributed by atoms with E-state index in [9.17, 15) is 4.79 Å². The highest BCUT2D eigenvalue weighted by Gasteiger charge is 2.17. The molecule has 1 aromatic heterocycles. The van der Waals surface area contributed by atoms with Crippen molar-refractivity contribution in [2.45, 2.75) is 13.0 Å². The summed E-state index contributed by atoms with van der Waals surface area (Å²) in [5, 5.41) is 11.8.